The molecule has 0 aromatic carbocycles. The first-order chi connectivity index (χ1) is 0. The molecular weight excluding hydrogens is 771 g/mol. The zero-order valence-corrected chi connectivity index (χ0v) is 25.2. The fourth-order valence-corrected chi connectivity index (χ4v) is 0. The molecule has 15 heteroatoms. The molecule has 0 aliphatic rings. The molecule has 0 unspecified atom stereocenters. The summed E-state index contributed by atoms with van der Waals surface area (Å²) in [4.78, 5) is 0. The molecule has 0 amide bonds. The van der Waals surface area contributed by atoms with Crippen LogP contribution in [-0.2, 0) is 140 Å². The molecule has 9 nitrogen and oxygen atoms in total. The van der Waals surface area contributed by atoms with E-state index in [1.165, 1.54) is 0 Å². The summed E-state index contributed by atoms with van der Waals surface area (Å²) in [6, 6.07) is 0. The van der Waals surface area contributed by atoms with Gasteiger partial charge in [0.25, 0.3) is 0 Å². The smallest absolute Gasteiger partial charge is 2.00 e. The summed E-state index contributed by atoms with van der Waals surface area (Å²) >= 11 is 0. The molecule has 72 valence electrons. The topological polar surface area (TPSA) is 256 Å². The molecule has 0 bridgehead atoms. The van der Waals surface area contributed by atoms with Gasteiger partial charge >= 0.3 is 130 Å². The number of hydrogen-bond donors (Lipinski definition) is 0. The van der Waals surface area contributed by atoms with Gasteiger partial charge in [-0.3, -0.25) is 0 Å². The molecule has 0 aromatic heterocycles. The molecule has 0 aromatic rings. The van der Waals surface area contributed by atoms with E-state index in [1.54, 1.807) is 0 Å². The molecule has 0 aliphatic carbocycles. The van der Waals surface area contributed by atoms with Gasteiger partial charge in [0.15, 0.2) is 0 Å². The minimum absolute atomic E-state index is 0. The van der Waals surface area contributed by atoms with Crippen LogP contribution in [0.25, 0.3) is 0 Å². The van der Waals surface area contributed by atoms with Crippen molar-refractivity contribution >= 4 is 39.6 Å². The van der Waals surface area contributed by atoms with Crippen LogP contribution in [0.2, 0.25) is 0 Å². The van der Waals surface area contributed by atoms with Crippen LogP contribution in [0.4, 0.5) is 0 Å². The monoisotopic (exact) mass is 770 g/mol. The largest absolute Gasteiger partial charge is 4.00 e. The van der Waals surface area contributed by atoms with Crippen molar-refractivity contribution in [1.29, 1.82) is 0 Å². The average Bonchev–Trinajstić information content (AvgIpc) is 0. The summed E-state index contributed by atoms with van der Waals surface area (Å²) in [5, 5.41) is 0. The van der Waals surface area contributed by atoms with Gasteiger partial charge < -0.3 is 49.3 Å². The molecular formula is Ga2Hf2O9Zn2. The van der Waals surface area contributed by atoms with Crippen molar-refractivity contribution in [3.8, 4) is 0 Å². The van der Waals surface area contributed by atoms with Gasteiger partial charge in [-0.2, -0.15) is 0 Å². The van der Waals surface area contributed by atoms with Gasteiger partial charge in [0.2, 0.25) is 0 Å². The van der Waals surface area contributed by atoms with Crippen molar-refractivity contribution in [2.24, 2.45) is 0 Å². The van der Waals surface area contributed by atoms with Gasteiger partial charge in [-0.1, -0.05) is 0 Å². The summed E-state index contributed by atoms with van der Waals surface area (Å²) in [6.07, 6.45) is 0. The van der Waals surface area contributed by atoms with Crippen molar-refractivity contribution < 1.29 is 140 Å². The molecule has 0 radical (unpaired) electrons. The predicted octanol–water partition coefficient (Wildman–Crippen LogP) is -1.84. The van der Waals surface area contributed by atoms with Gasteiger partial charge in [0.05, 0.1) is 0 Å². The van der Waals surface area contributed by atoms with E-state index in [2.05, 4.69) is 0 Å². The first-order valence-electron chi connectivity index (χ1n) is 0. The normalized spacial score (nSPS) is 0. The fourth-order valence-electron chi connectivity index (χ4n) is 0. The Morgan fingerprint density at radius 3 is 0.267 bits per heavy atom. The van der Waals surface area contributed by atoms with Crippen LogP contribution < -0.4 is 0 Å². The molecule has 0 aliphatic heterocycles. The zero-order valence-electron chi connectivity index (χ0n) is 7.24. The number of rotatable bonds is 0. The van der Waals surface area contributed by atoms with E-state index in [4.69, 9.17) is 0 Å². The maximum atomic E-state index is 0. The number of hydrogen-bond acceptors (Lipinski definition) is 0. The Kier molecular flexibility index (Phi) is 8920. The molecule has 0 saturated carbocycles. The Morgan fingerprint density at radius 2 is 0.267 bits per heavy atom. The Balaban J connectivity index is 0. The van der Waals surface area contributed by atoms with Gasteiger partial charge in [0.1, 0.15) is 0 Å². The third-order valence-corrected chi connectivity index (χ3v) is 0. The fraction of sp³-hybridized carbons (Fsp3) is 0. The van der Waals surface area contributed by atoms with E-state index in [0.717, 1.165) is 0 Å². The molecule has 0 spiro atoms. The van der Waals surface area contributed by atoms with Crippen LogP contribution in [-0.4, -0.2) is 39.6 Å². The van der Waals surface area contributed by atoms with Crippen LogP contribution >= 0.6 is 0 Å². The minimum atomic E-state index is 0. The van der Waals surface area contributed by atoms with Gasteiger partial charge in [-0.05, 0) is 0 Å². The predicted molar refractivity (Wildman–Crippen MR) is 17.7 cm³/mol. The maximum absolute atomic E-state index is 0. The second-order valence-electron chi connectivity index (χ2n) is 0. The van der Waals surface area contributed by atoms with E-state index in [9.17, 15) is 0 Å². The Labute approximate surface area is 177 Å². The molecule has 0 heterocycles. The van der Waals surface area contributed by atoms with Crippen LogP contribution in [0.5, 0.6) is 0 Å². The van der Waals surface area contributed by atoms with Crippen molar-refractivity contribution in [3.63, 3.8) is 0 Å². The van der Waals surface area contributed by atoms with E-state index in [-0.39, 0.29) is 180 Å². The van der Waals surface area contributed by atoms with Crippen molar-refractivity contribution in [1.82, 2.24) is 0 Å². The third-order valence-electron chi connectivity index (χ3n) is 0. The summed E-state index contributed by atoms with van der Waals surface area (Å²) in [7, 11) is 0. The molecule has 15 heavy (non-hydrogen) atoms. The summed E-state index contributed by atoms with van der Waals surface area (Å²) in [5.74, 6) is 0. The SMILES string of the molecule is [Ga+3].[Ga+3].[Hf+4].[Hf+4].[O-2].[O-2].[O-2].[O-2].[O-2].[O-2].[O-2].[O-2].[O-2].[Zn+2].[Zn+2]. The van der Waals surface area contributed by atoms with Gasteiger partial charge in [-0.25, -0.2) is 0 Å². The van der Waals surface area contributed by atoms with E-state index in [1.807, 2.05) is 0 Å². The quantitative estimate of drug-likeness (QED) is 0.246. The molecule has 0 atom stereocenters. The first kappa shape index (κ1) is 398. The van der Waals surface area contributed by atoms with E-state index < -0.39 is 0 Å². The minimum Gasteiger partial charge on any atom is -2.00 e. The molecule has 0 saturated heterocycles. The van der Waals surface area contributed by atoms with Crippen LogP contribution in [0.15, 0.2) is 0 Å². The molecule has 0 N–H and O–H groups in total. The van der Waals surface area contributed by atoms with Crippen LogP contribution in [0.3, 0.4) is 0 Å². The Bertz CT molecular complexity index is 24.1. The van der Waals surface area contributed by atoms with Crippen molar-refractivity contribution in [2.45, 2.75) is 0 Å². The molecule has 0 rings (SSSR count). The standard InChI is InChI=1S/2Ga.2Hf.9O.2Zn/q2*+3;2*+4;9*-2;2*+2. The molecule has 0 fully saturated rings. The van der Waals surface area contributed by atoms with Crippen LogP contribution in [0, 0.1) is 0 Å². The van der Waals surface area contributed by atoms with Gasteiger partial charge in [0, 0.05) is 0 Å². The van der Waals surface area contributed by atoms with Gasteiger partial charge in [-0.15, -0.1) is 0 Å². The van der Waals surface area contributed by atoms with Crippen molar-refractivity contribution in [3.05, 3.63) is 0 Å². The second-order valence-corrected chi connectivity index (χ2v) is 0. The summed E-state index contributed by atoms with van der Waals surface area (Å²) in [6.45, 7) is 0. The summed E-state index contributed by atoms with van der Waals surface area (Å²) in [5.41, 5.74) is 0. The first-order valence-corrected chi connectivity index (χ1v) is 0. The average molecular weight is 771 g/mol. The third kappa shape index (κ3) is 298. The van der Waals surface area contributed by atoms with Crippen molar-refractivity contribution in [2.75, 3.05) is 0 Å². The van der Waals surface area contributed by atoms with E-state index >= 15 is 0 Å². The Morgan fingerprint density at radius 1 is 0.267 bits per heavy atom. The van der Waals surface area contributed by atoms with E-state index in [0.29, 0.717) is 0 Å². The maximum Gasteiger partial charge on any atom is 4.00 e. The summed E-state index contributed by atoms with van der Waals surface area (Å²) < 4.78 is 0. The van der Waals surface area contributed by atoms with Crippen LogP contribution in [0.1, 0.15) is 0 Å². The second kappa shape index (κ2) is 336. The zero-order chi connectivity index (χ0) is 0. The Hall–Kier alpha value is 3.90.